The number of hydrogen-bond donors (Lipinski definition) is 2. The molecule has 0 aliphatic rings. The van der Waals surface area contributed by atoms with Crippen molar-refractivity contribution in [3.8, 4) is 0 Å². The van der Waals surface area contributed by atoms with Gasteiger partial charge in [-0.05, 0) is 44.6 Å². The fourth-order valence-corrected chi connectivity index (χ4v) is 5.84. The molecule has 0 aromatic rings. The molecule has 0 heterocycles. The van der Waals surface area contributed by atoms with E-state index in [-0.39, 0.29) is 32.3 Å². The molecule has 8 nitrogen and oxygen atoms in total. The van der Waals surface area contributed by atoms with E-state index >= 15 is 0 Å². The van der Waals surface area contributed by atoms with Crippen LogP contribution in [0.15, 0.2) is 24.5 Å². The Labute approximate surface area is 283 Å². The Bertz CT molecular complexity index is 762. The maximum absolute atomic E-state index is 12.3. The van der Waals surface area contributed by atoms with Crippen LogP contribution in [0.1, 0.15) is 174 Å². The van der Waals surface area contributed by atoms with Gasteiger partial charge in [-0.15, -0.1) is 0 Å². The minimum Gasteiger partial charge on any atom is -0.492 e. The summed E-state index contributed by atoms with van der Waals surface area (Å²) in [4.78, 5) is 22.1. The van der Waals surface area contributed by atoms with Crippen molar-refractivity contribution in [2.45, 2.75) is 180 Å². The normalized spacial score (nSPS) is 13.8. The van der Waals surface area contributed by atoms with Crippen LogP contribution in [0.4, 0.5) is 0 Å². The van der Waals surface area contributed by atoms with Gasteiger partial charge >= 0.3 is 13.8 Å². The van der Waals surface area contributed by atoms with E-state index in [9.17, 15) is 14.3 Å². The number of carbonyl (C=O) groups is 1. The first-order chi connectivity index (χ1) is 22.4. The lowest BCUT2D eigenvalue weighted by molar-refractivity contribution is -0.147. The van der Waals surface area contributed by atoms with E-state index in [2.05, 4.69) is 26.0 Å². The monoisotopic (exact) mass is 674 g/mol. The van der Waals surface area contributed by atoms with Crippen LogP contribution in [-0.2, 0) is 27.9 Å². The number of rotatable bonds is 36. The molecule has 0 rings (SSSR count). The molecular weight excluding hydrogens is 601 g/mol. The Balaban J connectivity index is 4.13. The van der Waals surface area contributed by atoms with Crippen molar-refractivity contribution in [3.05, 3.63) is 24.5 Å². The van der Waals surface area contributed by atoms with E-state index < -0.39 is 13.9 Å². The highest BCUT2D eigenvalue weighted by atomic mass is 31.2. The van der Waals surface area contributed by atoms with E-state index in [4.69, 9.17) is 24.3 Å². The molecule has 1 unspecified atom stereocenters. The molecule has 0 spiro atoms. The second-order valence-electron chi connectivity index (χ2n) is 12.5. The average molecular weight is 674 g/mol. The first-order valence-electron chi connectivity index (χ1n) is 18.9. The van der Waals surface area contributed by atoms with Crippen LogP contribution in [0.5, 0.6) is 0 Å². The second-order valence-corrected chi connectivity index (χ2v) is 14.0. The van der Waals surface area contributed by atoms with Gasteiger partial charge in [-0.2, -0.15) is 0 Å². The van der Waals surface area contributed by atoms with E-state index in [1.165, 1.54) is 116 Å². The van der Waals surface area contributed by atoms with Gasteiger partial charge in [-0.1, -0.05) is 142 Å². The number of esters is 1. The fraction of sp³-hybridized carbons (Fsp3) is 0.865. The topological polar surface area (TPSA) is 117 Å². The number of carbonyl (C=O) groups excluding carboxylic acids is 1. The minimum absolute atomic E-state index is 0.0662. The van der Waals surface area contributed by atoms with Crippen LogP contribution in [0, 0.1) is 0 Å². The van der Waals surface area contributed by atoms with Crippen LogP contribution < -0.4 is 5.73 Å². The summed E-state index contributed by atoms with van der Waals surface area (Å²) in [6, 6.07) is 0. The predicted octanol–water partition coefficient (Wildman–Crippen LogP) is 10.9. The second kappa shape index (κ2) is 35.1. The number of phosphoric ester groups is 1. The van der Waals surface area contributed by atoms with Crippen LogP contribution in [0.3, 0.4) is 0 Å². The molecule has 0 fully saturated rings. The Morgan fingerprint density at radius 2 is 1.13 bits per heavy atom. The summed E-state index contributed by atoms with van der Waals surface area (Å²) < 4.78 is 33.0. The zero-order valence-corrected chi connectivity index (χ0v) is 30.7. The molecule has 0 aliphatic heterocycles. The zero-order chi connectivity index (χ0) is 33.8. The third-order valence-corrected chi connectivity index (χ3v) is 8.94. The van der Waals surface area contributed by atoms with Crippen molar-refractivity contribution >= 4 is 13.8 Å². The first-order valence-corrected chi connectivity index (χ1v) is 20.4. The van der Waals surface area contributed by atoms with Gasteiger partial charge in [-0.25, -0.2) is 4.57 Å². The number of unbranched alkanes of at least 4 members (excludes halogenated alkanes) is 21. The Hall–Kier alpha value is -1.18. The van der Waals surface area contributed by atoms with Crippen LogP contribution >= 0.6 is 7.82 Å². The number of phosphoric acid groups is 1. The van der Waals surface area contributed by atoms with Crippen molar-refractivity contribution < 1.29 is 32.8 Å². The Morgan fingerprint density at radius 1 is 0.652 bits per heavy atom. The zero-order valence-electron chi connectivity index (χ0n) is 29.8. The van der Waals surface area contributed by atoms with Crippen LogP contribution in [-0.4, -0.2) is 43.3 Å². The molecule has 0 bridgehead atoms. The highest BCUT2D eigenvalue weighted by molar-refractivity contribution is 7.47. The average Bonchev–Trinajstić information content (AvgIpc) is 3.05. The number of ether oxygens (including phenoxy) is 2. The maximum atomic E-state index is 12.3. The minimum atomic E-state index is -4.26. The lowest BCUT2D eigenvalue weighted by atomic mass is 10.0. The first kappa shape index (κ1) is 44.8. The SMILES string of the molecule is CCCC/C=C\CCCCCCCC(=O)OC[C@H](COP(=O)(O)OCCN)O/C=C\CCCCCCCCCCCCCCCC. The third-order valence-electron chi connectivity index (χ3n) is 7.96. The molecule has 0 aliphatic carbocycles. The molecular formula is C37H72NO7P. The fourth-order valence-electron chi connectivity index (χ4n) is 5.08. The van der Waals surface area contributed by atoms with Gasteiger partial charge in [0, 0.05) is 13.0 Å². The summed E-state index contributed by atoms with van der Waals surface area (Å²) in [7, 11) is -4.26. The highest BCUT2D eigenvalue weighted by Gasteiger charge is 2.24. The lowest BCUT2D eigenvalue weighted by Crippen LogP contribution is -2.25. The molecule has 0 aromatic heterocycles. The van der Waals surface area contributed by atoms with E-state index in [1.54, 1.807) is 6.26 Å². The van der Waals surface area contributed by atoms with Gasteiger partial charge in [0.05, 0.1) is 19.5 Å². The predicted molar refractivity (Wildman–Crippen MR) is 192 cm³/mol. The van der Waals surface area contributed by atoms with Crippen molar-refractivity contribution in [2.75, 3.05) is 26.4 Å². The van der Waals surface area contributed by atoms with Gasteiger partial charge in [0.2, 0.25) is 0 Å². The van der Waals surface area contributed by atoms with Crippen LogP contribution in [0.2, 0.25) is 0 Å². The van der Waals surface area contributed by atoms with E-state index in [1.807, 2.05) is 6.08 Å². The summed E-state index contributed by atoms with van der Waals surface area (Å²) in [6.45, 7) is 4.17. The Kier molecular flexibility index (Phi) is 34.2. The van der Waals surface area contributed by atoms with Crippen molar-refractivity contribution in [1.29, 1.82) is 0 Å². The number of allylic oxidation sites excluding steroid dienone is 3. The largest absolute Gasteiger partial charge is 0.492 e. The molecule has 0 saturated heterocycles. The summed E-state index contributed by atoms with van der Waals surface area (Å²) >= 11 is 0. The smallest absolute Gasteiger partial charge is 0.472 e. The summed E-state index contributed by atoms with van der Waals surface area (Å²) in [6.07, 6.45) is 37.2. The standard InChI is InChI=1S/C37H72NO7P/c1-3-5-7-9-11-13-15-16-17-18-19-21-23-25-27-29-32-42-36(35-45-46(40,41)44-33-31-38)34-43-37(39)30-28-26-24-22-20-14-12-10-8-6-4-2/h10,12,29,32,36H,3-9,11,13-28,30-31,33-35,38H2,1-2H3,(H,40,41)/b12-10-,32-29-/t36-/m1/s1. The number of hydrogen-bond acceptors (Lipinski definition) is 7. The van der Waals surface area contributed by atoms with Crippen molar-refractivity contribution in [2.24, 2.45) is 5.73 Å². The quantitative estimate of drug-likeness (QED) is 0.0222. The van der Waals surface area contributed by atoms with E-state index in [0.29, 0.717) is 6.42 Å². The van der Waals surface area contributed by atoms with E-state index in [0.717, 1.165) is 38.5 Å². The maximum Gasteiger partial charge on any atom is 0.472 e. The number of nitrogens with two attached hydrogens (primary N) is 1. The molecule has 0 saturated carbocycles. The molecule has 0 aromatic carbocycles. The Morgan fingerprint density at radius 3 is 1.67 bits per heavy atom. The van der Waals surface area contributed by atoms with Crippen molar-refractivity contribution in [1.82, 2.24) is 0 Å². The molecule has 272 valence electrons. The van der Waals surface area contributed by atoms with Gasteiger partial charge in [0.15, 0.2) is 6.10 Å². The van der Waals surface area contributed by atoms with Gasteiger partial charge in [-0.3, -0.25) is 13.8 Å². The molecule has 0 radical (unpaired) electrons. The summed E-state index contributed by atoms with van der Waals surface area (Å²) in [5, 5.41) is 0. The van der Waals surface area contributed by atoms with Crippen molar-refractivity contribution in [3.63, 3.8) is 0 Å². The molecule has 46 heavy (non-hydrogen) atoms. The summed E-state index contributed by atoms with van der Waals surface area (Å²) in [5.41, 5.74) is 5.34. The van der Waals surface area contributed by atoms with Gasteiger partial charge < -0.3 is 20.1 Å². The lowest BCUT2D eigenvalue weighted by Gasteiger charge is -2.19. The molecule has 2 atom stereocenters. The highest BCUT2D eigenvalue weighted by Crippen LogP contribution is 2.43. The molecule has 9 heteroatoms. The van der Waals surface area contributed by atoms with Gasteiger partial charge in [0.25, 0.3) is 0 Å². The summed E-state index contributed by atoms with van der Waals surface area (Å²) in [5.74, 6) is -0.301. The molecule has 0 amide bonds. The molecule has 3 N–H and O–H groups in total. The third kappa shape index (κ3) is 34.2. The van der Waals surface area contributed by atoms with Crippen LogP contribution in [0.25, 0.3) is 0 Å². The van der Waals surface area contributed by atoms with Gasteiger partial charge in [0.1, 0.15) is 6.61 Å².